The smallest absolute Gasteiger partial charge is 0.459 e. The van der Waals surface area contributed by atoms with E-state index in [1.807, 2.05) is 6.08 Å². The number of carbonyl (C=O) groups is 1. The number of hydrogen-bond donors (Lipinski definition) is 2. The van der Waals surface area contributed by atoms with E-state index in [2.05, 4.69) is 6.08 Å². The van der Waals surface area contributed by atoms with Gasteiger partial charge in [-0.05, 0) is 43.4 Å². The van der Waals surface area contributed by atoms with Crippen LogP contribution >= 0.6 is 0 Å². The number of aliphatic hydroxyl groups excluding tert-OH is 1. The van der Waals surface area contributed by atoms with E-state index in [0.29, 0.717) is 11.7 Å². The van der Waals surface area contributed by atoms with Gasteiger partial charge in [0.25, 0.3) is 0 Å². The van der Waals surface area contributed by atoms with E-state index in [1.54, 1.807) is 17.4 Å². The molecule has 0 aromatic carbocycles. The van der Waals surface area contributed by atoms with Crippen molar-refractivity contribution in [1.29, 1.82) is 0 Å². The molecule has 24 heavy (non-hydrogen) atoms. The molecule has 1 heterocycles. The highest BCUT2D eigenvalue weighted by Gasteiger charge is 2.38. The van der Waals surface area contributed by atoms with Gasteiger partial charge in [0.05, 0.1) is 0 Å². The molecule has 1 aromatic rings. The normalized spacial score (nSPS) is 18.0. The molecule has 1 aromatic heterocycles. The van der Waals surface area contributed by atoms with Crippen molar-refractivity contribution in [2.75, 3.05) is 6.54 Å². The van der Waals surface area contributed by atoms with Gasteiger partial charge in [0.2, 0.25) is 0 Å². The predicted molar refractivity (Wildman–Crippen MR) is 83.0 cm³/mol. The molecule has 2 N–H and O–H groups in total. The third-order valence-electron chi connectivity index (χ3n) is 4.12. The maximum Gasteiger partial charge on any atom is 0.471 e. The molecule has 2 rings (SSSR count). The first-order valence-electron chi connectivity index (χ1n) is 8.17. The summed E-state index contributed by atoms with van der Waals surface area (Å²) in [7, 11) is 0. The summed E-state index contributed by atoms with van der Waals surface area (Å²) in [6, 6.07) is 3.31. The highest BCUT2D eigenvalue weighted by Crippen LogP contribution is 2.26. The standard InChI is InChI=1S/C17H22F3NO3/c18-17(19,20)16(23)21-11-10-14(22)15-9-8-13(24-15)7-6-12-4-2-1-3-5-12/h6-9,12,14,22H,1-5,10-11H2,(H,21,23). The molecule has 4 nitrogen and oxygen atoms in total. The summed E-state index contributed by atoms with van der Waals surface area (Å²) in [5, 5.41) is 11.6. The number of hydrogen-bond acceptors (Lipinski definition) is 3. The van der Waals surface area contributed by atoms with Crippen molar-refractivity contribution in [3.8, 4) is 0 Å². The van der Waals surface area contributed by atoms with Gasteiger partial charge in [-0.15, -0.1) is 0 Å². The lowest BCUT2D eigenvalue weighted by atomic mass is 9.89. The average molecular weight is 345 g/mol. The Morgan fingerprint density at radius 3 is 2.71 bits per heavy atom. The van der Waals surface area contributed by atoms with Crippen LogP contribution in [0.25, 0.3) is 6.08 Å². The van der Waals surface area contributed by atoms with Crippen molar-refractivity contribution in [3.63, 3.8) is 0 Å². The molecule has 1 unspecified atom stereocenters. The average Bonchev–Trinajstić information content (AvgIpc) is 3.02. The molecule has 1 atom stereocenters. The lowest BCUT2D eigenvalue weighted by Crippen LogP contribution is -2.37. The van der Waals surface area contributed by atoms with Crippen LogP contribution < -0.4 is 5.32 Å². The molecular weight excluding hydrogens is 323 g/mol. The van der Waals surface area contributed by atoms with Crippen molar-refractivity contribution in [3.05, 3.63) is 29.7 Å². The predicted octanol–water partition coefficient (Wildman–Crippen LogP) is 3.98. The Hall–Kier alpha value is -1.76. The molecule has 0 spiro atoms. The van der Waals surface area contributed by atoms with Gasteiger partial charge >= 0.3 is 12.1 Å². The largest absolute Gasteiger partial charge is 0.471 e. The minimum absolute atomic E-state index is 0.0545. The zero-order chi connectivity index (χ0) is 17.6. The fourth-order valence-corrected chi connectivity index (χ4v) is 2.76. The van der Waals surface area contributed by atoms with Gasteiger partial charge in [0, 0.05) is 6.54 Å². The SMILES string of the molecule is O=C(NCCC(O)c1ccc(C=CC2CCCCC2)o1)C(F)(F)F. The Kier molecular flexibility index (Phi) is 6.48. The van der Waals surface area contributed by atoms with Crippen molar-refractivity contribution >= 4 is 12.0 Å². The second-order valence-electron chi connectivity index (χ2n) is 6.06. The van der Waals surface area contributed by atoms with Gasteiger partial charge in [-0.3, -0.25) is 4.79 Å². The van der Waals surface area contributed by atoms with Gasteiger partial charge in [0.1, 0.15) is 17.6 Å². The number of amides is 1. The molecule has 1 aliphatic rings. The zero-order valence-corrected chi connectivity index (χ0v) is 13.3. The number of rotatable bonds is 6. The number of allylic oxidation sites excluding steroid dienone is 1. The third kappa shape index (κ3) is 5.70. The summed E-state index contributed by atoms with van der Waals surface area (Å²) >= 11 is 0. The minimum Gasteiger partial charge on any atom is -0.459 e. The molecule has 0 radical (unpaired) electrons. The molecule has 1 amide bonds. The van der Waals surface area contributed by atoms with Crippen LogP contribution in [-0.4, -0.2) is 23.7 Å². The summed E-state index contributed by atoms with van der Waals surface area (Å²) in [4.78, 5) is 10.7. The van der Waals surface area contributed by atoms with E-state index < -0.39 is 18.2 Å². The number of aliphatic hydroxyl groups is 1. The summed E-state index contributed by atoms with van der Waals surface area (Å²) in [6.45, 7) is -0.284. The molecule has 0 aliphatic heterocycles. The highest BCUT2D eigenvalue weighted by atomic mass is 19.4. The molecule has 1 saturated carbocycles. The molecule has 134 valence electrons. The van der Waals surface area contributed by atoms with E-state index in [4.69, 9.17) is 4.42 Å². The summed E-state index contributed by atoms with van der Waals surface area (Å²) in [5.41, 5.74) is 0. The van der Waals surface area contributed by atoms with Gasteiger partial charge in [0.15, 0.2) is 0 Å². The second-order valence-corrected chi connectivity index (χ2v) is 6.06. The lowest BCUT2D eigenvalue weighted by Gasteiger charge is -2.17. The van der Waals surface area contributed by atoms with Gasteiger partial charge in [-0.1, -0.05) is 25.3 Å². The number of carbonyl (C=O) groups excluding carboxylic acids is 1. The van der Waals surface area contributed by atoms with Crippen molar-refractivity contribution < 1.29 is 27.5 Å². The van der Waals surface area contributed by atoms with E-state index in [-0.39, 0.29) is 18.7 Å². The monoisotopic (exact) mass is 345 g/mol. The number of halogens is 3. The second kappa shape index (κ2) is 8.37. The molecular formula is C17H22F3NO3. The number of alkyl halides is 3. The van der Waals surface area contributed by atoms with Crippen LogP contribution in [0.5, 0.6) is 0 Å². The van der Waals surface area contributed by atoms with E-state index >= 15 is 0 Å². The Bertz CT molecular complexity index is 560. The lowest BCUT2D eigenvalue weighted by molar-refractivity contribution is -0.173. The van der Waals surface area contributed by atoms with Crippen LogP contribution in [0, 0.1) is 5.92 Å². The van der Waals surface area contributed by atoms with Crippen molar-refractivity contribution in [1.82, 2.24) is 5.32 Å². The van der Waals surface area contributed by atoms with Crippen LogP contribution in [0.1, 0.15) is 56.1 Å². The van der Waals surface area contributed by atoms with E-state index in [9.17, 15) is 23.1 Å². The fraction of sp³-hybridized carbons (Fsp3) is 0.588. The topological polar surface area (TPSA) is 62.5 Å². The molecule has 1 aliphatic carbocycles. The molecule has 0 bridgehead atoms. The third-order valence-corrected chi connectivity index (χ3v) is 4.12. The minimum atomic E-state index is -4.91. The Labute approximate surface area is 138 Å². The summed E-state index contributed by atoms with van der Waals surface area (Å²) in [6.07, 6.45) is 4.06. The van der Waals surface area contributed by atoms with Gasteiger partial charge in [-0.2, -0.15) is 13.2 Å². The first kappa shape index (κ1) is 18.6. The van der Waals surface area contributed by atoms with E-state index in [0.717, 1.165) is 0 Å². The molecule has 0 saturated heterocycles. The number of furan rings is 1. The van der Waals surface area contributed by atoms with Crippen LogP contribution in [0.3, 0.4) is 0 Å². The summed E-state index contributed by atoms with van der Waals surface area (Å²) in [5.74, 6) is -0.575. The van der Waals surface area contributed by atoms with Crippen molar-refractivity contribution in [2.45, 2.75) is 50.8 Å². The first-order chi connectivity index (χ1) is 11.4. The van der Waals surface area contributed by atoms with Crippen LogP contribution in [0.4, 0.5) is 13.2 Å². The van der Waals surface area contributed by atoms with Gasteiger partial charge in [-0.25, -0.2) is 0 Å². The maximum atomic E-state index is 12.0. The van der Waals surface area contributed by atoms with E-state index in [1.165, 1.54) is 32.1 Å². The maximum absolute atomic E-state index is 12.0. The quantitative estimate of drug-likeness (QED) is 0.820. The Morgan fingerprint density at radius 1 is 1.33 bits per heavy atom. The zero-order valence-electron chi connectivity index (χ0n) is 13.3. The molecule has 1 fully saturated rings. The van der Waals surface area contributed by atoms with Crippen LogP contribution in [-0.2, 0) is 4.79 Å². The fourth-order valence-electron chi connectivity index (χ4n) is 2.76. The van der Waals surface area contributed by atoms with Crippen LogP contribution in [0.2, 0.25) is 0 Å². The Morgan fingerprint density at radius 2 is 2.04 bits per heavy atom. The highest BCUT2D eigenvalue weighted by molar-refractivity contribution is 5.81. The van der Waals surface area contributed by atoms with Gasteiger partial charge < -0.3 is 14.8 Å². The summed E-state index contributed by atoms with van der Waals surface area (Å²) < 4.78 is 41.6. The Balaban J connectivity index is 1.79. The first-order valence-corrected chi connectivity index (χ1v) is 8.17. The van der Waals surface area contributed by atoms with Crippen molar-refractivity contribution in [2.24, 2.45) is 5.92 Å². The van der Waals surface area contributed by atoms with Crippen LogP contribution in [0.15, 0.2) is 22.6 Å². The molecule has 7 heteroatoms. The number of nitrogens with one attached hydrogen (secondary N) is 1.